The van der Waals surface area contributed by atoms with Crippen LogP contribution < -0.4 is 11.1 Å². The lowest BCUT2D eigenvalue weighted by Gasteiger charge is -2.22. The monoisotopic (exact) mass is 277 g/mol. The molecule has 0 aromatic heterocycles. The number of nitrogens with one attached hydrogen (secondary N) is 1. The van der Waals surface area contributed by atoms with Gasteiger partial charge in [0.2, 0.25) is 5.91 Å². The fourth-order valence-electron chi connectivity index (χ4n) is 1.53. The number of benzene rings is 1. The molecule has 5 nitrogen and oxygen atoms in total. The Bertz CT molecular complexity index is 522. The summed E-state index contributed by atoms with van der Waals surface area (Å²) in [6.45, 7) is 5.71. The number of amides is 2. The van der Waals surface area contributed by atoms with Crippen molar-refractivity contribution in [2.75, 3.05) is 26.0 Å². The molecule has 0 radical (unpaired) electrons. The highest BCUT2D eigenvalue weighted by Crippen LogP contribution is 2.21. The van der Waals surface area contributed by atoms with Gasteiger partial charge in [-0.1, -0.05) is 6.07 Å². The average molecular weight is 277 g/mol. The van der Waals surface area contributed by atoms with E-state index in [1.54, 1.807) is 40.1 Å². The summed E-state index contributed by atoms with van der Waals surface area (Å²) >= 11 is 0. The van der Waals surface area contributed by atoms with Crippen LogP contribution in [0.5, 0.6) is 0 Å². The second-order valence-corrected chi connectivity index (χ2v) is 5.77. The molecule has 0 spiro atoms. The standard InChI is InChI=1S/C15H23N3O2/c1-10-6-7-11(13(19)18(4)5)8-12(10)17-14(20)15(2,3)9-16/h6-8H,9,16H2,1-5H3,(H,17,20). The van der Waals surface area contributed by atoms with Gasteiger partial charge < -0.3 is 16.0 Å². The van der Waals surface area contributed by atoms with Crippen molar-refractivity contribution in [2.45, 2.75) is 20.8 Å². The molecule has 0 saturated carbocycles. The molecule has 1 aromatic carbocycles. The number of hydrogen-bond donors (Lipinski definition) is 2. The lowest BCUT2D eigenvalue weighted by atomic mass is 9.92. The maximum absolute atomic E-state index is 12.1. The van der Waals surface area contributed by atoms with Crippen LogP contribution in [0.15, 0.2) is 18.2 Å². The second kappa shape index (κ2) is 6.05. The van der Waals surface area contributed by atoms with Crippen LogP contribution in [-0.2, 0) is 4.79 Å². The highest BCUT2D eigenvalue weighted by Gasteiger charge is 2.26. The van der Waals surface area contributed by atoms with Gasteiger partial charge in [0, 0.05) is 31.9 Å². The predicted octanol–water partition coefficient (Wildman–Crippen LogP) is 1.62. The molecule has 3 N–H and O–H groups in total. The minimum atomic E-state index is -0.645. The smallest absolute Gasteiger partial charge is 0.253 e. The summed E-state index contributed by atoms with van der Waals surface area (Å²) in [6.07, 6.45) is 0. The maximum atomic E-state index is 12.1. The molecule has 1 rings (SSSR count). The van der Waals surface area contributed by atoms with E-state index in [4.69, 9.17) is 5.73 Å². The predicted molar refractivity (Wildman–Crippen MR) is 80.7 cm³/mol. The molecule has 1 aromatic rings. The average Bonchev–Trinajstić information content (AvgIpc) is 2.40. The van der Waals surface area contributed by atoms with Crippen LogP contribution in [0.4, 0.5) is 5.69 Å². The van der Waals surface area contributed by atoms with Gasteiger partial charge >= 0.3 is 0 Å². The van der Waals surface area contributed by atoms with Crippen molar-refractivity contribution in [3.05, 3.63) is 29.3 Å². The third-order valence-electron chi connectivity index (χ3n) is 3.26. The zero-order chi connectivity index (χ0) is 15.5. The summed E-state index contributed by atoms with van der Waals surface area (Å²) in [5.74, 6) is -0.254. The van der Waals surface area contributed by atoms with Crippen molar-refractivity contribution in [3.63, 3.8) is 0 Å². The van der Waals surface area contributed by atoms with Gasteiger partial charge in [-0.05, 0) is 38.5 Å². The maximum Gasteiger partial charge on any atom is 0.253 e. The van der Waals surface area contributed by atoms with Gasteiger partial charge in [-0.25, -0.2) is 0 Å². The van der Waals surface area contributed by atoms with Crippen LogP contribution >= 0.6 is 0 Å². The van der Waals surface area contributed by atoms with Crippen molar-refractivity contribution in [2.24, 2.45) is 11.1 Å². The van der Waals surface area contributed by atoms with Gasteiger partial charge in [0.1, 0.15) is 0 Å². The molecule has 20 heavy (non-hydrogen) atoms. The molecule has 0 aliphatic heterocycles. The van der Waals surface area contributed by atoms with Crippen LogP contribution in [0.3, 0.4) is 0 Å². The third kappa shape index (κ3) is 3.57. The lowest BCUT2D eigenvalue weighted by molar-refractivity contribution is -0.123. The first-order valence-electron chi connectivity index (χ1n) is 6.53. The summed E-state index contributed by atoms with van der Waals surface area (Å²) in [5.41, 5.74) is 7.04. The van der Waals surface area contributed by atoms with Crippen LogP contribution in [0.25, 0.3) is 0 Å². The van der Waals surface area contributed by atoms with Gasteiger partial charge in [0.05, 0.1) is 5.41 Å². The van der Waals surface area contributed by atoms with E-state index in [9.17, 15) is 9.59 Å². The number of rotatable bonds is 4. The lowest BCUT2D eigenvalue weighted by Crippen LogP contribution is -2.37. The molecule has 0 aliphatic rings. The third-order valence-corrected chi connectivity index (χ3v) is 3.26. The molecule has 110 valence electrons. The van der Waals surface area contributed by atoms with Crippen molar-refractivity contribution >= 4 is 17.5 Å². The molecule has 0 fully saturated rings. The Hall–Kier alpha value is -1.88. The minimum absolute atomic E-state index is 0.0985. The van der Waals surface area contributed by atoms with Gasteiger partial charge in [-0.15, -0.1) is 0 Å². The second-order valence-electron chi connectivity index (χ2n) is 5.77. The van der Waals surface area contributed by atoms with E-state index >= 15 is 0 Å². The Morgan fingerprint density at radius 2 is 1.90 bits per heavy atom. The molecule has 0 unspecified atom stereocenters. The largest absolute Gasteiger partial charge is 0.345 e. The quantitative estimate of drug-likeness (QED) is 0.878. The summed E-state index contributed by atoms with van der Waals surface area (Å²) in [6, 6.07) is 5.27. The van der Waals surface area contributed by atoms with E-state index in [-0.39, 0.29) is 18.4 Å². The molecule has 0 atom stereocenters. The molecule has 0 saturated heterocycles. The molecular formula is C15H23N3O2. The number of nitrogens with zero attached hydrogens (tertiary/aromatic N) is 1. The molecule has 0 aliphatic carbocycles. The van der Waals surface area contributed by atoms with Crippen LogP contribution in [-0.4, -0.2) is 37.4 Å². The summed E-state index contributed by atoms with van der Waals surface area (Å²) in [7, 11) is 3.38. The number of carbonyl (C=O) groups is 2. The summed E-state index contributed by atoms with van der Waals surface area (Å²) in [5, 5.41) is 2.85. The van der Waals surface area contributed by atoms with Gasteiger partial charge in [0.25, 0.3) is 5.91 Å². The van der Waals surface area contributed by atoms with Crippen molar-refractivity contribution in [1.82, 2.24) is 4.90 Å². The highest BCUT2D eigenvalue weighted by molar-refractivity contribution is 5.99. The fraction of sp³-hybridized carbons (Fsp3) is 0.467. The van der Waals surface area contributed by atoms with E-state index in [0.29, 0.717) is 11.3 Å². The molecule has 0 bridgehead atoms. The van der Waals surface area contributed by atoms with Gasteiger partial charge in [-0.3, -0.25) is 9.59 Å². The Labute approximate surface area is 120 Å². The van der Waals surface area contributed by atoms with Crippen molar-refractivity contribution < 1.29 is 9.59 Å². The molecule has 5 heteroatoms. The number of carbonyl (C=O) groups excluding carboxylic acids is 2. The first-order valence-corrected chi connectivity index (χ1v) is 6.53. The number of anilines is 1. The SMILES string of the molecule is Cc1ccc(C(=O)N(C)C)cc1NC(=O)C(C)(C)CN. The van der Waals surface area contributed by atoms with E-state index < -0.39 is 5.41 Å². The molecule has 0 heterocycles. The van der Waals surface area contributed by atoms with Gasteiger partial charge in [-0.2, -0.15) is 0 Å². The summed E-state index contributed by atoms with van der Waals surface area (Å²) < 4.78 is 0. The Balaban J connectivity index is 3.04. The van der Waals surface area contributed by atoms with Gasteiger partial charge in [0.15, 0.2) is 0 Å². The van der Waals surface area contributed by atoms with Crippen LogP contribution in [0.1, 0.15) is 29.8 Å². The molecular weight excluding hydrogens is 254 g/mol. The van der Waals surface area contributed by atoms with E-state index in [1.807, 2.05) is 13.0 Å². The first-order chi connectivity index (χ1) is 9.19. The Morgan fingerprint density at radius 3 is 2.40 bits per heavy atom. The number of aryl methyl sites for hydroxylation is 1. The van der Waals surface area contributed by atoms with Crippen molar-refractivity contribution in [1.29, 1.82) is 0 Å². The minimum Gasteiger partial charge on any atom is -0.345 e. The Kier molecular flexibility index (Phi) is 4.89. The van der Waals surface area contributed by atoms with E-state index in [2.05, 4.69) is 5.32 Å². The van der Waals surface area contributed by atoms with E-state index in [0.717, 1.165) is 5.56 Å². The van der Waals surface area contributed by atoms with Crippen LogP contribution in [0, 0.1) is 12.3 Å². The van der Waals surface area contributed by atoms with Crippen LogP contribution in [0.2, 0.25) is 0 Å². The zero-order valence-electron chi connectivity index (χ0n) is 12.8. The highest BCUT2D eigenvalue weighted by atomic mass is 16.2. The Morgan fingerprint density at radius 1 is 1.30 bits per heavy atom. The van der Waals surface area contributed by atoms with E-state index in [1.165, 1.54) is 4.90 Å². The number of nitrogens with two attached hydrogens (primary N) is 1. The fourth-order valence-corrected chi connectivity index (χ4v) is 1.53. The topological polar surface area (TPSA) is 75.4 Å². The normalized spacial score (nSPS) is 11.1. The van der Waals surface area contributed by atoms with Crippen molar-refractivity contribution in [3.8, 4) is 0 Å². The zero-order valence-corrected chi connectivity index (χ0v) is 12.8. The first kappa shape index (κ1) is 16.2. The molecule has 2 amide bonds. The number of hydrogen-bond acceptors (Lipinski definition) is 3. The summed E-state index contributed by atoms with van der Waals surface area (Å²) in [4.78, 5) is 25.6.